The maximum absolute atomic E-state index is 13.3. The first-order valence-electron chi connectivity index (χ1n) is 5.45. The number of primary amides is 1. The Labute approximate surface area is 111 Å². The van der Waals surface area contributed by atoms with Crippen LogP contribution in [0.2, 0.25) is 0 Å². The van der Waals surface area contributed by atoms with Gasteiger partial charge in [0.15, 0.2) is 5.82 Å². The molecule has 0 saturated carbocycles. The number of halogens is 2. The Morgan fingerprint density at radius 3 is 2.60 bits per heavy atom. The van der Waals surface area contributed by atoms with Crippen LogP contribution in [0.25, 0.3) is 0 Å². The molecule has 1 aromatic rings. The van der Waals surface area contributed by atoms with Crippen molar-refractivity contribution in [1.29, 1.82) is 0 Å². The zero-order chi connectivity index (χ0) is 15.3. The molecule has 0 fully saturated rings. The minimum Gasteiger partial charge on any atom is -0.480 e. The molecule has 0 aliphatic carbocycles. The number of hydrogen-bond donors (Lipinski definition) is 3. The Morgan fingerprint density at radius 2 is 2.05 bits per heavy atom. The molecule has 1 rings (SSSR count). The molecule has 0 spiro atoms. The van der Waals surface area contributed by atoms with Crippen molar-refractivity contribution in [2.24, 2.45) is 5.73 Å². The van der Waals surface area contributed by atoms with Crippen LogP contribution in [0.1, 0.15) is 23.2 Å². The van der Waals surface area contributed by atoms with Gasteiger partial charge >= 0.3 is 5.97 Å². The smallest absolute Gasteiger partial charge is 0.326 e. The Morgan fingerprint density at radius 1 is 1.40 bits per heavy atom. The number of nitrogens with zero attached hydrogens (tertiary/aromatic N) is 1. The summed E-state index contributed by atoms with van der Waals surface area (Å²) in [6.07, 6.45) is 0.336. The van der Waals surface area contributed by atoms with E-state index < -0.39 is 41.2 Å². The molecule has 0 aliphatic heterocycles. The quantitative estimate of drug-likeness (QED) is 0.626. The number of rotatable bonds is 6. The third-order valence-electron chi connectivity index (χ3n) is 2.37. The minimum atomic E-state index is -1.48. The van der Waals surface area contributed by atoms with Crippen molar-refractivity contribution in [2.75, 3.05) is 0 Å². The molecule has 0 saturated heterocycles. The first-order valence-corrected chi connectivity index (χ1v) is 5.45. The van der Waals surface area contributed by atoms with Crippen molar-refractivity contribution in [3.63, 3.8) is 0 Å². The van der Waals surface area contributed by atoms with Crippen LogP contribution in [0.3, 0.4) is 0 Å². The third-order valence-corrected chi connectivity index (χ3v) is 2.37. The molecular weight excluding hydrogens is 276 g/mol. The van der Waals surface area contributed by atoms with Crippen LogP contribution < -0.4 is 11.1 Å². The van der Waals surface area contributed by atoms with Gasteiger partial charge < -0.3 is 16.2 Å². The highest BCUT2D eigenvalue weighted by molar-refractivity contribution is 5.96. The summed E-state index contributed by atoms with van der Waals surface area (Å²) in [5.41, 5.74) is 4.19. The number of amides is 2. The minimum absolute atomic E-state index is 0.258. The SMILES string of the molecule is NC(=O)CC[C@@H](NC(=O)c1ccnc(F)c1F)C(=O)O. The van der Waals surface area contributed by atoms with Crippen LogP contribution in [-0.2, 0) is 9.59 Å². The molecule has 20 heavy (non-hydrogen) atoms. The topological polar surface area (TPSA) is 122 Å². The van der Waals surface area contributed by atoms with Crippen LogP contribution in [0.5, 0.6) is 0 Å². The van der Waals surface area contributed by atoms with Crippen molar-refractivity contribution in [1.82, 2.24) is 10.3 Å². The number of nitrogens with one attached hydrogen (secondary N) is 1. The molecule has 0 unspecified atom stereocenters. The van der Waals surface area contributed by atoms with Crippen LogP contribution in [-0.4, -0.2) is 33.9 Å². The first kappa shape index (κ1) is 15.5. The fraction of sp³-hybridized carbons (Fsp3) is 0.273. The second kappa shape index (κ2) is 6.55. The molecule has 0 bridgehead atoms. The van der Waals surface area contributed by atoms with E-state index in [0.717, 1.165) is 12.3 Å². The number of aromatic nitrogens is 1. The van der Waals surface area contributed by atoms with Gasteiger partial charge in [-0.3, -0.25) is 9.59 Å². The number of pyridine rings is 1. The fourth-order valence-electron chi connectivity index (χ4n) is 1.37. The molecule has 0 aromatic carbocycles. The van der Waals surface area contributed by atoms with Crippen LogP contribution >= 0.6 is 0 Å². The molecule has 2 amide bonds. The monoisotopic (exact) mass is 287 g/mol. The van der Waals surface area contributed by atoms with E-state index in [4.69, 9.17) is 10.8 Å². The lowest BCUT2D eigenvalue weighted by Gasteiger charge is -2.13. The van der Waals surface area contributed by atoms with E-state index in [0.29, 0.717) is 0 Å². The van der Waals surface area contributed by atoms with Gasteiger partial charge in [0.1, 0.15) is 6.04 Å². The van der Waals surface area contributed by atoms with Gasteiger partial charge in [0.2, 0.25) is 11.9 Å². The van der Waals surface area contributed by atoms with E-state index in [2.05, 4.69) is 4.98 Å². The predicted molar refractivity (Wildman–Crippen MR) is 61.5 cm³/mol. The zero-order valence-electron chi connectivity index (χ0n) is 10.1. The van der Waals surface area contributed by atoms with Crippen molar-refractivity contribution < 1.29 is 28.3 Å². The lowest BCUT2D eigenvalue weighted by Crippen LogP contribution is -2.41. The highest BCUT2D eigenvalue weighted by atomic mass is 19.2. The number of carbonyl (C=O) groups is 3. The highest BCUT2D eigenvalue weighted by Crippen LogP contribution is 2.09. The van der Waals surface area contributed by atoms with Gasteiger partial charge in [-0.1, -0.05) is 0 Å². The fourth-order valence-corrected chi connectivity index (χ4v) is 1.37. The summed E-state index contributed by atoms with van der Waals surface area (Å²) >= 11 is 0. The average Bonchev–Trinajstić information content (AvgIpc) is 2.36. The molecule has 0 aliphatic rings. The summed E-state index contributed by atoms with van der Waals surface area (Å²) in [6, 6.07) is -0.536. The molecule has 108 valence electrons. The summed E-state index contributed by atoms with van der Waals surface area (Å²) < 4.78 is 26.1. The van der Waals surface area contributed by atoms with Gasteiger partial charge in [-0.15, -0.1) is 0 Å². The van der Waals surface area contributed by atoms with E-state index in [9.17, 15) is 23.2 Å². The Kier molecular flexibility index (Phi) is 5.07. The molecule has 1 atom stereocenters. The molecule has 7 nitrogen and oxygen atoms in total. The predicted octanol–water partition coefficient (Wildman–Crippen LogP) is -0.192. The van der Waals surface area contributed by atoms with E-state index in [1.807, 2.05) is 5.32 Å². The van der Waals surface area contributed by atoms with Crippen molar-refractivity contribution in [3.05, 3.63) is 29.6 Å². The van der Waals surface area contributed by atoms with E-state index in [1.165, 1.54) is 0 Å². The Bertz CT molecular complexity index is 550. The summed E-state index contributed by atoms with van der Waals surface area (Å²) in [4.78, 5) is 36.1. The largest absolute Gasteiger partial charge is 0.480 e. The zero-order valence-corrected chi connectivity index (χ0v) is 10.1. The second-order valence-corrected chi connectivity index (χ2v) is 3.83. The number of carboxylic acid groups (broad SMARTS) is 1. The number of nitrogens with two attached hydrogens (primary N) is 1. The number of carboxylic acids is 1. The summed E-state index contributed by atoms with van der Waals surface area (Å²) in [5, 5.41) is 10.8. The third kappa shape index (κ3) is 3.97. The molecule has 1 aromatic heterocycles. The van der Waals surface area contributed by atoms with Gasteiger partial charge in [0.25, 0.3) is 5.91 Å². The summed E-state index contributed by atoms with van der Waals surface area (Å²) in [6.45, 7) is 0. The highest BCUT2D eigenvalue weighted by Gasteiger charge is 2.23. The van der Waals surface area contributed by atoms with Crippen LogP contribution in [0.15, 0.2) is 12.3 Å². The van der Waals surface area contributed by atoms with Gasteiger partial charge in [0, 0.05) is 12.6 Å². The number of aliphatic carboxylic acids is 1. The van der Waals surface area contributed by atoms with Gasteiger partial charge in [-0.2, -0.15) is 4.39 Å². The molecule has 1 heterocycles. The summed E-state index contributed by atoms with van der Waals surface area (Å²) in [7, 11) is 0. The van der Waals surface area contributed by atoms with Gasteiger partial charge in [-0.25, -0.2) is 14.2 Å². The number of hydrogen-bond acceptors (Lipinski definition) is 4. The molecular formula is C11H11F2N3O4. The Hall–Kier alpha value is -2.58. The van der Waals surface area contributed by atoms with E-state index in [1.54, 1.807) is 0 Å². The normalized spacial score (nSPS) is 11.7. The first-order chi connectivity index (χ1) is 9.32. The van der Waals surface area contributed by atoms with E-state index in [-0.39, 0.29) is 12.8 Å². The van der Waals surface area contributed by atoms with Crippen molar-refractivity contribution in [3.8, 4) is 0 Å². The van der Waals surface area contributed by atoms with E-state index >= 15 is 0 Å². The Balaban J connectivity index is 2.83. The van der Waals surface area contributed by atoms with Gasteiger partial charge in [-0.05, 0) is 12.5 Å². The molecule has 0 radical (unpaired) electrons. The number of carbonyl (C=O) groups excluding carboxylic acids is 2. The maximum Gasteiger partial charge on any atom is 0.326 e. The maximum atomic E-state index is 13.3. The lowest BCUT2D eigenvalue weighted by atomic mass is 10.1. The summed E-state index contributed by atoms with van der Waals surface area (Å²) in [5.74, 6) is -6.24. The van der Waals surface area contributed by atoms with Crippen LogP contribution in [0, 0.1) is 11.8 Å². The average molecular weight is 287 g/mol. The standard InChI is InChI=1S/C11H11F2N3O4/c12-8-5(3-4-15-9(8)13)10(18)16-6(11(19)20)1-2-7(14)17/h3-4,6H,1-2H2,(H2,14,17)(H,16,18)(H,19,20)/t6-/m1/s1. The lowest BCUT2D eigenvalue weighted by molar-refractivity contribution is -0.139. The van der Waals surface area contributed by atoms with Crippen LogP contribution in [0.4, 0.5) is 8.78 Å². The molecule has 9 heteroatoms. The van der Waals surface area contributed by atoms with Crippen molar-refractivity contribution in [2.45, 2.75) is 18.9 Å². The second-order valence-electron chi connectivity index (χ2n) is 3.83. The van der Waals surface area contributed by atoms with Crippen molar-refractivity contribution >= 4 is 17.8 Å². The molecule has 4 N–H and O–H groups in total. The van der Waals surface area contributed by atoms with Gasteiger partial charge in [0.05, 0.1) is 5.56 Å².